The zero-order chi connectivity index (χ0) is 15.4. The summed E-state index contributed by atoms with van der Waals surface area (Å²) in [5.74, 6) is 7.09. The smallest absolute Gasteiger partial charge is 0.251 e. The van der Waals surface area contributed by atoms with E-state index in [0.717, 1.165) is 17.5 Å². The lowest BCUT2D eigenvalue weighted by Crippen LogP contribution is -2.37. The number of carbonyl (C=O) groups excluding carboxylic acids is 1. The molecule has 0 heterocycles. The number of benzene rings is 1. The molecule has 3 unspecified atom stereocenters. The largest absolute Gasteiger partial charge is 0.349 e. The fraction of sp³-hybridized carbons (Fsp3) is 0.500. The molecule has 1 amide bonds. The normalized spacial score (nSPS) is 24.3. The van der Waals surface area contributed by atoms with Gasteiger partial charge in [0.1, 0.15) is 0 Å². The van der Waals surface area contributed by atoms with E-state index in [2.05, 4.69) is 31.0 Å². The predicted molar refractivity (Wildman–Crippen MR) is 85.9 cm³/mol. The number of rotatable bonds is 2. The van der Waals surface area contributed by atoms with Crippen LogP contribution in [0.2, 0.25) is 0 Å². The van der Waals surface area contributed by atoms with Crippen LogP contribution in [0, 0.1) is 30.6 Å². The Morgan fingerprint density at radius 3 is 2.76 bits per heavy atom. The van der Waals surface area contributed by atoms with Gasteiger partial charge in [0, 0.05) is 17.2 Å². The minimum absolute atomic E-state index is 0.00912. The third kappa shape index (κ3) is 3.46. The van der Waals surface area contributed by atoms with E-state index in [-0.39, 0.29) is 11.9 Å². The standard InChI is InChI=1S/C18H24N2O/c1-12-9-10-17(13(12)2)20-18(21)16-8-4-6-15(14(16)3)7-5-11-19/h4,6,8,12-13,17H,9-11,19H2,1-3H3,(H,20,21). The number of carbonyl (C=O) groups is 1. The van der Waals surface area contributed by atoms with Gasteiger partial charge in [-0.2, -0.15) is 0 Å². The second-order valence-corrected chi connectivity index (χ2v) is 5.98. The van der Waals surface area contributed by atoms with Crippen LogP contribution >= 0.6 is 0 Å². The molecule has 3 heteroatoms. The quantitative estimate of drug-likeness (QED) is 0.820. The van der Waals surface area contributed by atoms with Gasteiger partial charge in [0.05, 0.1) is 6.54 Å². The highest BCUT2D eigenvalue weighted by atomic mass is 16.1. The molecule has 0 saturated heterocycles. The molecule has 2 rings (SSSR count). The van der Waals surface area contributed by atoms with E-state index in [9.17, 15) is 4.79 Å². The minimum Gasteiger partial charge on any atom is -0.349 e. The third-order valence-electron chi connectivity index (χ3n) is 4.69. The molecule has 1 saturated carbocycles. The van der Waals surface area contributed by atoms with Crippen LogP contribution in [0.25, 0.3) is 0 Å². The lowest BCUT2D eigenvalue weighted by molar-refractivity contribution is 0.0926. The van der Waals surface area contributed by atoms with E-state index in [0.29, 0.717) is 23.9 Å². The number of amides is 1. The first-order valence-electron chi connectivity index (χ1n) is 7.64. The number of hydrogen-bond donors (Lipinski definition) is 2. The Hall–Kier alpha value is -1.79. The monoisotopic (exact) mass is 284 g/mol. The molecule has 0 aliphatic heterocycles. The van der Waals surface area contributed by atoms with E-state index >= 15 is 0 Å². The fourth-order valence-corrected chi connectivity index (χ4v) is 2.98. The molecule has 1 aromatic rings. The molecule has 3 N–H and O–H groups in total. The summed E-state index contributed by atoms with van der Waals surface area (Å²) in [6.07, 6.45) is 2.26. The second-order valence-electron chi connectivity index (χ2n) is 5.98. The maximum absolute atomic E-state index is 12.5. The van der Waals surface area contributed by atoms with Crippen molar-refractivity contribution in [3.63, 3.8) is 0 Å². The van der Waals surface area contributed by atoms with Gasteiger partial charge in [-0.15, -0.1) is 0 Å². The van der Waals surface area contributed by atoms with Gasteiger partial charge in [0.25, 0.3) is 5.91 Å². The molecule has 21 heavy (non-hydrogen) atoms. The number of hydrogen-bond acceptors (Lipinski definition) is 2. The highest BCUT2D eigenvalue weighted by molar-refractivity contribution is 5.96. The Bertz CT molecular complexity index is 583. The first-order valence-corrected chi connectivity index (χ1v) is 7.64. The predicted octanol–water partition coefficient (Wildman–Crippen LogP) is 2.47. The van der Waals surface area contributed by atoms with Gasteiger partial charge in [-0.1, -0.05) is 31.8 Å². The summed E-state index contributed by atoms with van der Waals surface area (Å²) >= 11 is 0. The summed E-state index contributed by atoms with van der Waals surface area (Å²) in [7, 11) is 0. The molecule has 0 radical (unpaired) electrons. The summed E-state index contributed by atoms with van der Waals surface area (Å²) in [4.78, 5) is 12.5. The highest BCUT2D eigenvalue weighted by Gasteiger charge is 2.31. The molecule has 3 atom stereocenters. The van der Waals surface area contributed by atoms with Crippen molar-refractivity contribution in [1.29, 1.82) is 0 Å². The van der Waals surface area contributed by atoms with Gasteiger partial charge in [-0.3, -0.25) is 4.79 Å². The van der Waals surface area contributed by atoms with E-state index in [4.69, 9.17) is 5.73 Å². The van der Waals surface area contributed by atoms with Gasteiger partial charge >= 0.3 is 0 Å². The molecular formula is C18H24N2O. The van der Waals surface area contributed by atoms with E-state index < -0.39 is 0 Å². The van der Waals surface area contributed by atoms with Gasteiger partial charge < -0.3 is 11.1 Å². The van der Waals surface area contributed by atoms with Gasteiger partial charge in [0.15, 0.2) is 0 Å². The van der Waals surface area contributed by atoms with Crippen molar-refractivity contribution in [2.75, 3.05) is 6.54 Å². The lowest BCUT2D eigenvalue weighted by atomic mass is 9.97. The fourth-order valence-electron chi connectivity index (χ4n) is 2.98. The minimum atomic E-state index is 0.00912. The van der Waals surface area contributed by atoms with E-state index in [1.54, 1.807) is 0 Å². The maximum Gasteiger partial charge on any atom is 0.251 e. The van der Waals surface area contributed by atoms with Crippen molar-refractivity contribution in [3.05, 3.63) is 34.9 Å². The lowest BCUT2D eigenvalue weighted by Gasteiger charge is -2.20. The van der Waals surface area contributed by atoms with Crippen molar-refractivity contribution in [2.45, 2.75) is 39.7 Å². The van der Waals surface area contributed by atoms with E-state index in [1.807, 2.05) is 25.1 Å². The van der Waals surface area contributed by atoms with Crippen molar-refractivity contribution < 1.29 is 4.79 Å². The third-order valence-corrected chi connectivity index (χ3v) is 4.69. The van der Waals surface area contributed by atoms with Crippen molar-refractivity contribution >= 4 is 5.91 Å². The van der Waals surface area contributed by atoms with Crippen molar-refractivity contribution in [3.8, 4) is 11.8 Å². The first kappa shape index (κ1) is 15.6. The zero-order valence-corrected chi connectivity index (χ0v) is 13.1. The van der Waals surface area contributed by atoms with Crippen LogP contribution < -0.4 is 11.1 Å². The molecule has 1 aromatic carbocycles. The van der Waals surface area contributed by atoms with Gasteiger partial charge in [0.2, 0.25) is 0 Å². The Morgan fingerprint density at radius 1 is 1.38 bits per heavy atom. The van der Waals surface area contributed by atoms with Crippen LogP contribution in [0.5, 0.6) is 0 Å². The average molecular weight is 284 g/mol. The first-order chi connectivity index (χ1) is 10.0. The number of nitrogens with one attached hydrogen (secondary N) is 1. The Labute approximate surface area is 127 Å². The number of nitrogens with two attached hydrogens (primary N) is 1. The Morgan fingerprint density at radius 2 is 2.14 bits per heavy atom. The molecular weight excluding hydrogens is 260 g/mol. The average Bonchev–Trinajstić information content (AvgIpc) is 2.78. The van der Waals surface area contributed by atoms with Crippen LogP contribution in [-0.2, 0) is 0 Å². The van der Waals surface area contributed by atoms with Crippen molar-refractivity contribution in [2.24, 2.45) is 17.6 Å². The summed E-state index contributed by atoms with van der Waals surface area (Å²) in [6, 6.07) is 5.95. The topological polar surface area (TPSA) is 55.1 Å². The van der Waals surface area contributed by atoms with Crippen molar-refractivity contribution in [1.82, 2.24) is 5.32 Å². The SMILES string of the molecule is Cc1c(C#CCN)cccc1C(=O)NC1CCC(C)C1C. The highest BCUT2D eigenvalue weighted by Crippen LogP contribution is 2.31. The van der Waals surface area contributed by atoms with Crippen LogP contribution in [0.1, 0.15) is 48.2 Å². The summed E-state index contributed by atoms with van der Waals surface area (Å²) < 4.78 is 0. The summed E-state index contributed by atoms with van der Waals surface area (Å²) in [5, 5.41) is 3.19. The summed E-state index contributed by atoms with van der Waals surface area (Å²) in [5.41, 5.74) is 7.92. The second kappa shape index (κ2) is 6.78. The maximum atomic E-state index is 12.5. The summed E-state index contributed by atoms with van der Waals surface area (Å²) in [6.45, 7) is 6.74. The Balaban J connectivity index is 2.16. The molecule has 0 spiro atoms. The molecule has 1 aliphatic carbocycles. The van der Waals surface area contributed by atoms with Crippen LogP contribution in [0.3, 0.4) is 0 Å². The molecule has 1 aliphatic rings. The van der Waals surface area contributed by atoms with Gasteiger partial charge in [-0.25, -0.2) is 0 Å². The zero-order valence-electron chi connectivity index (χ0n) is 13.1. The molecule has 0 bridgehead atoms. The molecule has 112 valence electrons. The molecule has 3 nitrogen and oxygen atoms in total. The molecule has 0 aromatic heterocycles. The Kier molecular flexibility index (Phi) is 5.03. The molecule has 1 fully saturated rings. The van der Waals surface area contributed by atoms with Crippen LogP contribution in [-0.4, -0.2) is 18.5 Å². The van der Waals surface area contributed by atoms with Crippen LogP contribution in [0.4, 0.5) is 0 Å². The van der Waals surface area contributed by atoms with E-state index in [1.165, 1.54) is 6.42 Å². The van der Waals surface area contributed by atoms with Crippen LogP contribution in [0.15, 0.2) is 18.2 Å². The van der Waals surface area contributed by atoms with Gasteiger partial charge in [-0.05, 0) is 49.3 Å².